The summed E-state index contributed by atoms with van der Waals surface area (Å²) in [7, 11) is 0. The summed E-state index contributed by atoms with van der Waals surface area (Å²) in [5.74, 6) is 0.0271. The van der Waals surface area contributed by atoms with Gasteiger partial charge in [0.05, 0.1) is 23.2 Å². The molecule has 0 radical (unpaired) electrons. The largest absolute Gasteiger partial charge is 0.476 e. The van der Waals surface area contributed by atoms with Crippen LogP contribution in [0, 0.1) is 22.6 Å². The quantitative estimate of drug-likeness (QED) is 0.913. The van der Waals surface area contributed by atoms with Crippen molar-refractivity contribution in [1.82, 2.24) is 15.0 Å². The van der Waals surface area contributed by atoms with E-state index in [1.807, 2.05) is 0 Å². The monoisotopic (exact) mass is 329 g/mol. The molecule has 0 spiro atoms. The number of nitrogens with two attached hydrogens (primary N) is 1. The van der Waals surface area contributed by atoms with E-state index in [-0.39, 0.29) is 29.7 Å². The standard InChI is InChI=1S/C16H16FN5O2/c17-12-8-21-13(19)7-11(12)15-20-4-1-14(22-15)24-10-16(9-18)2-5-23-6-3-16/h1,4,7-8H,2-3,5-6,10H2,(H2,19,21). The van der Waals surface area contributed by atoms with Crippen LogP contribution in [0.3, 0.4) is 0 Å². The first kappa shape index (κ1) is 16.1. The van der Waals surface area contributed by atoms with Crippen LogP contribution < -0.4 is 10.5 Å². The fraction of sp³-hybridized carbons (Fsp3) is 0.375. The maximum atomic E-state index is 13.9. The van der Waals surface area contributed by atoms with Gasteiger partial charge in [0.2, 0.25) is 5.88 Å². The van der Waals surface area contributed by atoms with Gasteiger partial charge in [0.25, 0.3) is 0 Å². The van der Waals surface area contributed by atoms with Crippen molar-refractivity contribution in [3.63, 3.8) is 0 Å². The Bertz CT molecular complexity index is 771. The van der Waals surface area contributed by atoms with E-state index < -0.39 is 11.2 Å². The maximum absolute atomic E-state index is 13.9. The number of rotatable bonds is 4. The van der Waals surface area contributed by atoms with Crippen LogP contribution in [0.1, 0.15) is 12.8 Å². The molecule has 0 aliphatic carbocycles. The van der Waals surface area contributed by atoms with Gasteiger partial charge in [-0.15, -0.1) is 0 Å². The molecular formula is C16H16FN5O2. The molecule has 8 heteroatoms. The van der Waals surface area contributed by atoms with Crippen LogP contribution in [-0.2, 0) is 4.74 Å². The molecule has 2 N–H and O–H groups in total. The number of halogens is 1. The number of nitrogens with zero attached hydrogens (tertiary/aromatic N) is 4. The molecule has 1 aliphatic heterocycles. The van der Waals surface area contributed by atoms with Gasteiger partial charge in [0.15, 0.2) is 11.6 Å². The van der Waals surface area contributed by atoms with Crippen LogP contribution in [0.5, 0.6) is 5.88 Å². The van der Waals surface area contributed by atoms with E-state index in [1.165, 1.54) is 12.3 Å². The average Bonchev–Trinajstić information content (AvgIpc) is 2.63. The number of nitrogen functional groups attached to an aromatic ring is 1. The minimum Gasteiger partial charge on any atom is -0.476 e. The summed E-state index contributed by atoms with van der Waals surface area (Å²) >= 11 is 0. The van der Waals surface area contributed by atoms with E-state index in [0.29, 0.717) is 26.1 Å². The molecule has 1 aliphatic rings. The van der Waals surface area contributed by atoms with Crippen LogP contribution in [0.25, 0.3) is 11.4 Å². The molecule has 3 heterocycles. The zero-order valence-corrected chi connectivity index (χ0v) is 12.9. The lowest BCUT2D eigenvalue weighted by Crippen LogP contribution is -2.34. The molecule has 0 unspecified atom stereocenters. The topological polar surface area (TPSA) is 107 Å². The molecular weight excluding hydrogens is 313 g/mol. The zero-order chi connectivity index (χ0) is 17.0. The molecule has 0 amide bonds. The maximum Gasteiger partial charge on any atom is 0.216 e. The van der Waals surface area contributed by atoms with Crippen LogP contribution in [0.2, 0.25) is 0 Å². The Morgan fingerprint density at radius 1 is 1.38 bits per heavy atom. The van der Waals surface area contributed by atoms with Gasteiger partial charge in [-0.3, -0.25) is 0 Å². The zero-order valence-electron chi connectivity index (χ0n) is 12.9. The number of pyridine rings is 1. The minimum atomic E-state index is -0.588. The molecule has 0 atom stereocenters. The molecule has 0 bridgehead atoms. The van der Waals surface area contributed by atoms with E-state index in [9.17, 15) is 9.65 Å². The predicted molar refractivity (Wildman–Crippen MR) is 83.2 cm³/mol. The van der Waals surface area contributed by atoms with Crippen molar-refractivity contribution in [2.75, 3.05) is 25.6 Å². The van der Waals surface area contributed by atoms with Gasteiger partial charge < -0.3 is 15.2 Å². The third-order valence-electron chi connectivity index (χ3n) is 3.93. The van der Waals surface area contributed by atoms with Crippen LogP contribution in [-0.4, -0.2) is 34.8 Å². The Balaban J connectivity index is 1.78. The molecule has 0 saturated carbocycles. The first-order valence-corrected chi connectivity index (χ1v) is 7.48. The first-order valence-electron chi connectivity index (χ1n) is 7.48. The number of anilines is 1. The lowest BCUT2D eigenvalue weighted by atomic mass is 9.83. The third kappa shape index (κ3) is 3.41. The van der Waals surface area contributed by atoms with Crippen molar-refractivity contribution in [2.24, 2.45) is 5.41 Å². The Kier molecular flexibility index (Phi) is 4.53. The summed E-state index contributed by atoms with van der Waals surface area (Å²) < 4.78 is 24.8. The van der Waals surface area contributed by atoms with Crippen LogP contribution in [0.15, 0.2) is 24.5 Å². The summed E-state index contributed by atoms with van der Waals surface area (Å²) in [4.78, 5) is 11.9. The first-order chi connectivity index (χ1) is 11.6. The van der Waals surface area contributed by atoms with E-state index in [4.69, 9.17) is 15.2 Å². The highest BCUT2D eigenvalue weighted by atomic mass is 19.1. The Labute approximate surface area is 138 Å². The fourth-order valence-electron chi connectivity index (χ4n) is 2.44. The second kappa shape index (κ2) is 6.76. The van der Waals surface area contributed by atoms with E-state index >= 15 is 0 Å². The van der Waals surface area contributed by atoms with Crippen molar-refractivity contribution >= 4 is 5.82 Å². The molecule has 7 nitrogen and oxygen atoms in total. The normalized spacial score (nSPS) is 16.3. The van der Waals surface area contributed by atoms with E-state index in [1.54, 1.807) is 6.07 Å². The molecule has 1 fully saturated rings. The molecule has 1 saturated heterocycles. The van der Waals surface area contributed by atoms with Gasteiger partial charge in [0, 0.05) is 25.5 Å². The summed E-state index contributed by atoms with van der Waals surface area (Å²) in [5, 5.41) is 9.43. The van der Waals surface area contributed by atoms with E-state index in [0.717, 1.165) is 6.20 Å². The second-order valence-electron chi connectivity index (χ2n) is 5.60. The predicted octanol–water partition coefficient (Wildman–Crippen LogP) is 1.96. The third-order valence-corrected chi connectivity index (χ3v) is 3.93. The molecule has 0 aromatic carbocycles. The Morgan fingerprint density at radius 3 is 2.92 bits per heavy atom. The van der Waals surface area contributed by atoms with Crippen molar-refractivity contribution < 1.29 is 13.9 Å². The number of aromatic nitrogens is 3. The van der Waals surface area contributed by atoms with Gasteiger partial charge in [0.1, 0.15) is 12.4 Å². The molecule has 2 aromatic rings. The fourth-order valence-corrected chi connectivity index (χ4v) is 2.44. The highest BCUT2D eigenvalue weighted by Gasteiger charge is 2.33. The van der Waals surface area contributed by atoms with Gasteiger partial charge in [-0.05, 0) is 18.9 Å². The summed E-state index contributed by atoms with van der Waals surface area (Å²) in [6, 6.07) is 5.25. The second-order valence-corrected chi connectivity index (χ2v) is 5.60. The number of nitriles is 1. The average molecular weight is 329 g/mol. The van der Waals surface area contributed by atoms with E-state index in [2.05, 4.69) is 21.0 Å². The van der Waals surface area contributed by atoms with Gasteiger partial charge >= 0.3 is 0 Å². The summed E-state index contributed by atoms with van der Waals surface area (Å²) in [5.41, 5.74) is 5.14. The molecule has 3 rings (SSSR count). The summed E-state index contributed by atoms with van der Waals surface area (Å²) in [6.07, 6.45) is 3.71. The number of hydrogen-bond acceptors (Lipinski definition) is 7. The lowest BCUT2D eigenvalue weighted by molar-refractivity contribution is 0.0183. The van der Waals surface area contributed by atoms with Crippen LogP contribution >= 0.6 is 0 Å². The molecule has 24 heavy (non-hydrogen) atoms. The van der Waals surface area contributed by atoms with Gasteiger partial charge in [-0.1, -0.05) is 0 Å². The minimum absolute atomic E-state index is 0.147. The Morgan fingerprint density at radius 2 is 2.17 bits per heavy atom. The lowest BCUT2D eigenvalue weighted by Gasteiger charge is -2.30. The number of ether oxygens (including phenoxy) is 2. The highest BCUT2D eigenvalue weighted by molar-refractivity contribution is 5.59. The molecule has 2 aromatic heterocycles. The molecule has 124 valence electrons. The Hall–Kier alpha value is -2.79. The van der Waals surface area contributed by atoms with Crippen molar-refractivity contribution in [3.8, 4) is 23.3 Å². The van der Waals surface area contributed by atoms with Gasteiger partial charge in [-0.25, -0.2) is 14.4 Å². The van der Waals surface area contributed by atoms with Gasteiger partial charge in [-0.2, -0.15) is 10.2 Å². The SMILES string of the molecule is N#CC1(COc2ccnc(-c3cc(N)ncc3F)n2)CCOCC1. The van der Waals surface area contributed by atoms with Crippen LogP contribution in [0.4, 0.5) is 10.2 Å². The number of hydrogen-bond donors (Lipinski definition) is 1. The van der Waals surface area contributed by atoms with Crippen molar-refractivity contribution in [3.05, 3.63) is 30.3 Å². The summed E-state index contributed by atoms with van der Waals surface area (Å²) in [6.45, 7) is 1.27. The smallest absolute Gasteiger partial charge is 0.216 e. The van der Waals surface area contributed by atoms with Crippen molar-refractivity contribution in [1.29, 1.82) is 5.26 Å². The highest BCUT2D eigenvalue weighted by Crippen LogP contribution is 2.30. The van der Waals surface area contributed by atoms with Crippen molar-refractivity contribution in [2.45, 2.75) is 12.8 Å².